The van der Waals surface area contributed by atoms with E-state index in [1.807, 2.05) is 0 Å². The maximum atomic E-state index is 10.8. The van der Waals surface area contributed by atoms with Crippen molar-refractivity contribution in [2.24, 2.45) is 0 Å². The molecule has 31 heavy (non-hydrogen) atoms. The zero-order valence-electron chi connectivity index (χ0n) is 16.2. The van der Waals surface area contributed by atoms with Crippen molar-refractivity contribution >= 4 is 46.3 Å². The third-order valence-electron chi connectivity index (χ3n) is 4.11. The van der Waals surface area contributed by atoms with Crippen LogP contribution in [-0.4, -0.2) is 70.8 Å². The van der Waals surface area contributed by atoms with Crippen LogP contribution in [0.2, 0.25) is 10.0 Å². The average Bonchev–Trinajstić information content (AvgIpc) is 3.36. The van der Waals surface area contributed by atoms with Gasteiger partial charge in [-0.25, -0.2) is 9.67 Å². The molecule has 0 fully saturated rings. The Morgan fingerprint density at radius 3 is 2.65 bits per heavy atom. The first-order valence-electron chi connectivity index (χ1n) is 9.06. The van der Waals surface area contributed by atoms with Crippen LogP contribution in [0, 0.1) is 0 Å². The average molecular weight is 507 g/mol. The van der Waals surface area contributed by atoms with E-state index in [1.54, 1.807) is 24.4 Å². The molecular weight excluding hydrogens is 487 g/mol. The molecular formula is C18H20Cl2N4O5S2. The minimum absolute atomic E-state index is 0.0152. The second kappa shape index (κ2) is 10.9. The van der Waals surface area contributed by atoms with Crippen LogP contribution in [0.25, 0.3) is 10.7 Å². The van der Waals surface area contributed by atoms with Crippen LogP contribution in [0.3, 0.4) is 0 Å². The third-order valence-corrected chi connectivity index (χ3v) is 6.88. The summed E-state index contributed by atoms with van der Waals surface area (Å²) in [5.41, 5.74) is -0.426. The Balaban J connectivity index is 1.76. The number of aromatic nitrogens is 4. The number of ether oxygens (including phenoxy) is 1. The van der Waals surface area contributed by atoms with Gasteiger partial charge in [-0.2, -0.15) is 0 Å². The molecule has 0 spiro atoms. The van der Waals surface area contributed by atoms with Gasteiger partial charge in [-0.05, 0) is 25.1 Å². The maximum Gasteiger partial charge on any atom is 0.222 e. The molecule has 0 bridgehead atoms. The summed E-state index contributed by atoms with van der Waals surface area (Å²) in [5.74, 6) is -0.103. The van der Waals surface area contributed by atoms with Gasteiger partial charge in [0.1, 0.15) is 28.3 Å². The van der Waals surface area contributed by atoms with Crippen molar-refractivity contribution in [3.05, 3.63) is 39.8 Å². The predicted octanol–water partition coefficient (Wildman–Crippen LogP) is 2.65. The third kappa shape index (κ3) is 6.53. The molecule has 168 valence electrons. The second-order valence-corrected chi connectivity index (χ2v) is 9.41. The highest BCUT2D eigenvalue weighted by Crippen LogP contribution is 2.33. The summed E-state index contributed by atoms with van der Waals surface area (Å²) in [5, 5.41) is 50.3. The first-order chi connectivity index (χ1) is 14.8. The van der Waals surface area contributed by atoms with Crippen LogP contribution in [0.4, 0.5) is 0 Å². The molecule has 13 heteroatoms. The van der Waals surface area contributed by atoms with Crippen LogP contribution in [0.1, 0.15) is 6.92 Å². The zero-order valence-corrected chi connectivity index (χ0v) is 19.3. The summed E-state index contributed by atoms with van der Waals surface area (Å²) in [6.07, 6.45) is -1.36. The highest BCUT2D eigenvalue weighted by molar-refractivity contribution is 7.99. The quantitative estimate of drug-likeness (QED) is 0.241. The molecule has 0 aliphatic heterocycles. The Kier molecular flexibility index (Phi) is 8.53. The minimum Gasteiger partial charge on any atom is -0.493 e. The van der Waals surface area contributed by atoms with Gasteiger partial charge >= 0.3 is 0 Å². The van der Waals surface area contributed by atoms with Gasteiger partial charge in [0.2, 0.25) is 5.88 Å². The molecule has 9 nitrogen and oxygen atoms in total. The maximum absolute atomic E-state index is 10.8. The number of hydrogen-bond acceptors (Lipinski definition) is 10. The molecule has 4 N–H and O–H groups in total. The largest absolute Gasteiger partial charge is 0.493 e. The van der Waals surface area contributed by atoms with E-state index in [-0.39, 0.29) is 12.4 Å². The summed E-state index contributed by atoms with van der Waals surface area (Å²) >= 11 is 14.4. The highest BCUT2D eigenvalue weighted by Gasteiger charge is 2.28. The lowest BCUT2D eigenvalue weighted by Gasteiger charge is -2.28. The van der Waals surface area contributed by atoms with E-state index >= 15 is 0 Å². The van der Waals surface area contributed by atoms with Crippen LogP contribution in [0.5, 0.6) is 5.88 Å². The lowest BCUT2D eigenvalue weighted by atomic mass is 10.2. The molecule has 0 aliphatic carbocycles. The van der Waals surface area contributed by atoms with Crippen molar-refractivity contribution in [3.8, 4) is 16.6 Å². The van der Waals surface area contributed by atoms with Gasteiger partial charge in [-0.15, -0.1) is 16.4 Å². The fourth-order valence-corrected chi connectivity index (χ4v) is 4.54. The van der Waals surface area contributed by atoms with Crippen LogP contribution < -0.4 is 0 Å². The molecule has 0 saturated carbocycles. The van der Waals surface area contributed by atoms with Gasteiger partial charge in [0.15, 0.2) is 0 Å². The van der Waals surface area contributed by atoms with Crippen LogP contribution >= 0.6 is 46.3 Å². The molecule has 3 aromatic rings. The topological polar surface area (TPSA) is 134 Å². The normalized spacial score (nSPS) is 15.5. The summed E-state index contributed by atoms with van der Waals surface area (Å²) in [7, 11) is 0. The first kappa shape index (κ1) is 24.2. The Hall–Kier alpha value is -1.44. The van der Waals surface area contributed by atoms with E-state index in [2.05, 4.69) is 15.3 Å². The molecule has 2 heterocycles. The number of aliphatic hydroxyl groups is 3. The Labute approximate surface area is 196 Å². The number of thiazole rings is 1. The molecule has 0 aliphatic rings. The number of thioether (sulfide) groups is 1. The van der Waals surface area contributed by atoms with Gasteiger partial charge in [-0.3, -0.25) is 0 Å². The van der Waals surface area contributed by atoms with Gasteiger partial charge in [0, 0.05) is 4.90 Å². The summed E-state index contributed by atoms with van der Waals surface area (Å²) in [6.45, 7) is 1.08. The molecule has 2 aromatic heterocycles. The Morgan fingerprint density at radius 1 is 1.26 bits per heavy atom. The second-order valence-electron chi connectivity index (χ2n) is 6.56. The van der Waals surface area contributed by atoms with E-state index in [0.29, 0.717) is 25.6 Å². The molecule has 0 radical (unpaired) electrons. The van der Waals surface area contributed by atoms with Crippen molar-refractivity contribution in [1.82, 2.24) is 20.0 Å². The van der Waals surface area contributed by atoms with E-state index in [1.165, 1.54) is 28.3 Å². The fourth-order valence-electron chi connectivity index (χ4n) is 2.51. The first-order valence-corrected chi connectivity index (χ1v) is 11.6. The summed E-state index contributed by atoms with van der Waals surface area (Å²) < 4.78 is 7.21. The minimum atomic E-state index is -1.09. The number of hydrogen-bond donors (Lipinski definition) is 4. The zero-order chi connectivity index (χ0) is 22.5. The summed E-state index contributed by atoms with van der Waals surface area (Å²) in [4.78, 5) is 4.62. The number of aliphatic hydroxyl groups excluding tert-OH is 3. The Morgan fingerprint density at radius 2 is 2.03 bits per heavy atom. The summed E-state index contributed by atoms with van der Waals surface area (Å²) in [6, 6.07) is 4.98. The standard InChI is InChI=1S/C18H20Cl2N4O5S2/c1-9(26)15(7-25)29-18(31-10-2-3-11(19)12(20)4-10)14(27)6-24-5-13(22-23-24)17-21-16(28)8-30-17/h2-5,8-9,14-15,18,25-28H,6-7H2,1H3/t9-,14+,15?,18?/m1/s1. The molecule has 3 rings (SSSR count). The van der Waals surface area contributed by atoms with Gasteiger partial charge in [0.25, 0.3) is 0 Å². The number of aromatic hydroxyl groups is 1. The number of nitrogens with zero attached hydrogens (tertiary/aromatic N) is 4. The molecule has 4 atom stereocenters. The van der Waals surface area contributed by atoms with E-state index in [4.69, 9.17) is 27.9 Å². The number of rotatable bonds is 10. The van der Waals surface area contributed by atoms with Crippen molar-refractivity contribution in [2.45, 2.75) is 42.1 Å². The van der Waals surface area contributed by atoms with Crippen molar-refractivity contribution in [1.29, 1.82) is 0 Å². The highest BCUT2D eigenvalue weighted by atomic mass is 35.5. The molecule has 1 aromatic carbocycles. The smallest absolute Gasteiger partial charge is 0.222 e. The van der Waals surface area contributed by atoms with Gasteiger partial charge < -0.3 is 25.2 Å². The van der Waals surface area contributed by atoms with Crippen molar-refractivity contribution in [2.75, 3.05) is 6.61 Å². The molecule has 0 saturated heterocycles. The van der Waals surface area contributed by atoms with Crippen molar-refractivity contribution in [3.63, 3.8) is 0 Å². The van der Waals surface area contributed by atoms with Gasteiger partial charge in [0.05, 0.1) is 40.9 Å². The van der Waals surface area contributed by atoms with Gasteiger partial charge in [-0.1, -0.05) is 40.2 Å². The molecule has 0 amide bonds. The molecule has 2 unspecified atom stereocenters. The van der Waals surface area contributed by atoms with Crippen molar-refractivity contribution < 1.29 is 25.2 Å². The van der Waals surface area contributed by atoms with E-state index < -0.39 is 30.4 Å². The number of benzene rings is 1. The predicted molar refractivity (Wildman–Crippen MR) is 119 cm³/mol. The fraction of sp³-hybridized carbons (Fsp3) is 0.389. The lowest BCUT2D eigenvalue weighted by molar-refractivity contribution is -0.0972. The number of halogens is 2. The van der Waals surface area contributed by atoms with E-state index in [9.17, 15) is 20.4 Å². The van der Waals surface area contributed by atoms with E-state index in [0.717, 1.165) is 11.8 Å². The van der Waals surface area contributed by atoms with Crippen LogP contribution in [0.15, 0.2) is 34.7 Å². The van der Waals surface area contributed by atoms with Crippen LogP contribution in [-0.2, 0) is 11.3 Å². The monoisotopic (exact) mass is 506 g/mol. The SMILES string of the molecule is C[C@@H](O)C(CO)OC(Sc1ccc(Cl)c(Cl)c1)[C@@H](O)Cn1cc(-c2nc(O)cs2)nn1. The Bertz CT molecular complexity index is 1000. The lowest BCUT2D eigenvalue weighted by Crippen LogP contribution is -2.39.